The van der Waals surface area contributed by atoms with E-state index >= 15 is 0 Å². The van der Waals surface area contributed by atoms with Gasteiger partial charge in [-0.3, -0.25) is 4.79 Å². The summed E-state index contributed by atoms with van der Waals surface area (Å²) < 4.78 is 13.2. The molecular formula is C15H22FN3O. The van der Waals surface area contributed by atoms with Crippen molar-refractivity contribution in [2.24, 2.45) is 5.73 Å². The van der Waals surface area contributed by atoms with Crippen LogP contribution in [-0.4, -0.2) is 31.1 Å². The first kappa shape index (κ1) is 14.8. The number of hydrogen-bond donors (Lipinski definition) is 2. The Morgan fingerprint density at radius 2 is 2.30 bits per heavy atom. The van der Waals surface area contributed by atoms with Gasteiger partial charge < -0.3 is 16.0 Å². The SMILES string of the molecule is Cc1cc(F)ccc1N1CCCC(NC(=O)[C@@H](C)N)C1. The lowest BCUT2D eigenvalue weighted by Crippen LogP contribution is -2.51. The molecule has 1 unspecified atom stereocenters. The smallest absolute Gasteiger partial charge is 0.236 e. The Labute approximate surface area is 119 Å². The van der Waals surface area contributed by atoms with Gasteiger partial charge in [0.15, 0.2) is 0 Å². The second-order valence-electron chi connectivity index (χ2n) is 5.51. The number of carbonyl (C=O) groups excluding carboxylic acids is 1. The van der Waals surface area contributed by atoms with Gasteiger partial charge in [0.1, 0.15) is 5.82 Å². The summed E-state index contributed by atoms with van der Waals surface area (Å²) in [4.78, 5) is 13.9. The van der Waals surface area contributed by atoms with Crippen molar-refractivity contribution in [1.82, 2.24) is 5.32 Å². The quantitative estimate of drug-likeness (QED) is 0.883. The predicted molar refractivity (Wildman–Crippen MR) is 78.2 cm³/mol. The molecule has 20 heavy (non-hydrogen) atoms. The third-order valence-electron chi connectivity index (χ3n) is 3.68. The van der Waals surface area contributed by atoms with E-state index in [1.165, 1.54) is 6.07 Å². The molecule has 4 nitrogen and oxygen atoms in total. The van der Waals surface area contributed by atoms with Crippen molar-refractivity contribution in [3.8, 4) is 0 Å². The average Bonchev–Trinajstić information content (AvgIpc) is 2.38. The van der Waals surface area contributed by atoms with E-state index in [-0.39, 0.29) is 17.8 Å². The van der Waals surface area contributed by atoms with Gasteiger partial charge in [-0.1, -0.05) is 0 Å². The zero-order valence-electron chi connectivity index (χ0n) is 12.0. The number of nitrogens with one attached hydrogen (secondary N) is 1. The molecule has 0 radical (unpaired) electrons. The standard InChI is InChI=1S/C15H22FN3O/c1-10-8-12(16)5-6-14(10)19-7-3-4-13(9-19)18-15(20)11(2)17/h5-6,8,11,13H,3-4,7,9,17H2,1-2H3,(H,18,20)/t11-,13?/m1/s1. The van der Waals surface area contributed by atoms with E-state index in [2.05, 4.69) is 10.2 Å². The molecule has 2 rings (SSSR count). The number of anilines is 1. The average molecular weight is 279 g/mol. The van der Waals surface area contributed by atoms with Crippen LogP contribution in [0.1, 0.15) is 25.3 Å². The molecule has 0 saturated carbocycles. The van der Waals surface area contributed by atoms with Crippen molar-refractivity contribution in [3.05, 3.63) is 29.6 Å². The number of amides is 1. The molecule has 0 bridgehead atoms. The molecule has 0 aliphatic carbocycles. The molecule has 1 aliphatic rings. The summed E-state index contributed by atoms with van der Waals surface area (Å²) in [6.07, 6.45) is 1.95. The highest BCUT2D eigenvalue weighted by Gasteiger charge is 2.23. The number of carbonyl (C=O) groups is 1. The summed E-state index contributed by atoms with van der Waals surface area (Å²) in [6, 6.07) is 4.44. The number of rotatable bonds is 3. The lowest BCUT2D eigenvalue weighted by molar-refractivity contribution is -0.122. The Morgan fingerprint density at radius 3 is 2.95 bits per heavy atom. The minimum atomic E-state index is -0.488. The molecule has 2 atom stereocenters. The molecule has 1 saturated heterocycles. The first-order chi connectivity index (χ1) is 9.47. The van der Waals surface area contributed by atoms with E-state index in [4.69, 9.17) is 5.73 Å². The van der Waals surface area contributed by atoms with Crippen molar-refractivity contribution in [2.75, 3.05) is 18.0 Å². The Morgan fingerprint density at radius 1 is 1.55 bits per heavy atom. The Kier molecular flexibility index (Phi) is 4.60. The minimum Gasteiger partial charge on any atom is -0.369 e. The van der Waals surface area contributed by atoms with Crippen LogP contribution < -0.4 is 16.0 Å². The van der Waals surface area contributed by atoms with E-state index in [0.717, 1.165) is 37.2 Å². The van der Waals surface area contributed by atoms with Crippen LogP contribution in [0.2, 0.25) is 0 Å². The van der Waals surface area contributed by atoms with Gasteiger partial charge >= 0.3 is 0 Å². The summed E-state index contributed by atoms with van der Waals surface area (Å²) in [5, 5.41) is 2.97. The lowest BCUT2D eigenvalue weighted by Gasteiger charge is -2.35. The summed E-state index contributed by atoms with van der Waals surface area (Å²) in [6.45, 7) is 5.25. The highest BCUT2D eigenvalue weighted by molar-refractivity contribution is 5.81. The molecule has 1 aromatic rings. The molecule has 3 N–H and O–H groups in total. The molecule has 0 spiro atoms. The third-order valence-corrected chi connectivity index (χ3v) is 3.68. The largest absolute Gasteiger partial charge is 0.369 e. The monoisotopic (exact) mass is 279 g/mol. The van der Waals surface area contributed by atoms with E-state index < -0.39 is 6.04 Å². The molecular weight excluding hydrogens is 257 g/mol. The fourth-order valence-corrected chi connectivity index (χ4v) is 2.62. The Bertz CT molecular complexity index is 490. The second-order valence-corrected chi connectivity index (χ2v) is 5.51. The van der Waals surface area contributed by atoms with Crippen LogP contribution in [0.3, 0.4) is 0 Å². The summed E-state index contributed by atoms with van der Waals surface area (Å²) in [5.41, 5.74) is 7.53. The van der Waals surface area contributed by atoms with Gasteiger partial charge in [-0.25, -0.2) is 4.39 Å². The van der Waals surface area contributed by atoms with Crippen LogP contribution in [0.15, 0.2) is 18.2 Å². The van der Waals surface area contributed by atoms with Crippen LogP contribution in [0.4, 0.5) is 10.1 Å². The number of benzene rings is 1. The van der Waals surface area contributed by atoms with Crippen LogP contribution in [-0.2, 0) is 4.79 Å². The lowest BCUT2D eigenvalue weighted by atomic mass is 10.0. The van der Waals surface area contributed by atoms with Crippen LogP contribution in [0, 0.1) is 12.7 Å². The topological polar surface area (TPSA) is 58.4 Å². The number of aryl methyl sites for hydroxylation is 1. The molecule has 1 fully saturated rings. The van der Waals surface area contributed by atoms with Gasteiger partial charge in [0.05, 0.1) is 6.04 Å². The van der Waals surface area contributed by atoms with Gasteiger partial charge in [-0.2, -0.15) is 0 Å². The van der Waals surface area contributed by atoms with E-state index in [1.807, 2.05) is 6.92 Å². The Balaban J connectivity index is 2.05. The van der Waals surface area contributed by atoms with E-state index in [0.29, 0.717) is 0 Å². The number of piperidine rings is 1. The number of hydrogen-bond acceptors (Lipinski definition) is 3. The maximum Gasteiger partial charge on any atom is 0.236 e. The molecule has 1 aliphatic heterocycles. The minimum absolute atomic E-state index is 0.103. The van der Waals surface area contributed by atoms with Crippen LogP contribution in [0.25, 0.3) is 0 Å². The van der Waals surface area contributed by atoms with E-state index in [1.54, 1.807) is 19.1 Å². The molecule has 1 heterocycles. The number of nitrogens with zero attached hydrogens (tertiary/aromatic N) is 1. The maximum atomic E-state index is 13.2. The van der Waals surface area contributed by atoms with Gasteiger partial charge in [0.2, 0.25) is 5.91 Å². The predicted octanol–water partition coefficient (Wildman–Crippen LogP) is 1.57. The van der Waals surface area contributed by atoms with Gasteiger partial charge in [-0.15, -0.1) is 0 Å². The van der Waals surface area contributed by atoms with Crippen LogP contribution >= 0.6 is 0 Å². The fourth-order valence-electron chi connectivity index (χ4n) is 2.62. The van der Waals surface area contributed by atoms with Crippen molar-refractivity contribution in [1.29, 1.82) is 0 Å². The maximum absolute atomic E-state index is 13.2. The van der Waals surface area contributed by atoms with Gasteiger partial charge in [-0.05, 0) is 50.5 Å². The summed E-state index contributed by atoms with van der Waals surface area (Å²) in [5.74, 6) is -0.335. The van der Waals surface area contributed by atoms with Crippen molar-refractivity contribution < 1.29 is 9.18 Å². The second kappa shape index (κ2) is 6.22. The van der Waals surface area contributed by atoms with Crippen molar-refractivity contribution >= 4 is 11.6 Å². The normalized spacial score (nSPS) is 20.6. The highest BCUT2D eigenvalue weighted by Crippen LogP contribution is 2.24. The molecule has 1 amide bonds. The molecule has 1 aromatic carbocycles. The third kappa shape index (κ3) is 3.48. The number of halogens is 1. The zero-order valence-corrected chi connectivity index (χ0v) is 12.0. The first-order valence-electron chi connectivity index (χ1n) is 7.04. The molecule has 0 aromatic heterocycles. The van der Waals surface area contributed by atoms with Crippen molar-refractivity contribution in [3.63, 3.8) is 0 Å². The van der Waals surface area contributed by atoms with Gasteiger partial charge in [0, 0.05) is 24.8 Å². The fraction of sp³-hybridized carbons (Fsp3) is 0.533. The first-order valence-corrected chi connectivity index (χ1v) is 7.04. The van der Waals surface area contributed by atoms with Crippen molar-refractivity contribution in [2.45, 2.75) is 38.8 Å². The van der Waals surface area contributed by atoms with Gasteiger partial charge in [0.25, 0.3) is 0 Å². The highest BCUT2D eigenvalue weighted by atomic mass is 19.1. The molecule has 110 valence electrons. The number of nitrogens with two attached hydrogens (primary N) is 1. The van der Waals surface area contributed by atoms with Crippen LogP contribution in [0.5, 0.6) is 0 Å². The zero-order chi connectivity index (χ0) is 14.7. The summed E-state index contributed by atoms with van der Waals surface area (Å²) in [7, 11) is 0. The van der Waals surface area contributed by atoms with E-state index in [9.17, 15) is 9.18 Å². The Hall–Kier alpha value is -1.62. The summed E-state index contributed by atoms with van der Waals surface area (Å²) >= 11 is 0. The molecule has 5 heteroatoms.